The molecule has 1 N–H and O–H groups in total. The molecule has 0 heterocycles. The summed E-state index contributed by atoms with van der Waals surface area (Å²) in [6, 6.07) is 4.58. The molecule has 1 amide bonds. The van der Waals surface area contributed by atoms with Crippen LogP contribution >= 0.6 is 11.6 Å². The Morgan fingerprint density at radius 1 is 1.53 bits per heavy atom. The van der Waals surface area contributed by atoms with Crippen molar-refractivity contribution in [3.05, 3.63) is 29.3 Å². The predicted octanol–water partition coefficient (Wildman–Crippen LogP) is 3.39. The molecule has 1 atom stereocenters. The van der Waals surface area contributed by atoms with Crippen LogP contribution in [0.5, 0.6) is 0 Å². The number of nitrogens with one attached hydrogen (secondary N) is 1. The molecule has 0 saturated heterocycles. The Bertz CT molecular complexity index is 523. The quantitative estimate of drug-likeness (QED) is 0.868. The first-order valence-corrected chi connectivity index (χ1v) is 5.81. The number of halogens is 4. The van der Waals surface area contributed by atoms with Crippen molar-refractivity contribution in [2.45, 2.75) is 13.1 Å². The van der Waals surface area contributed by atoms with E-state index in [1.54, 1.807) is 6.07 Å². The minimum atomic E-state index is -4.65. The van der Waals surface area contributed by atoms with Gasteiger partial charge in [0.1, 0.15) is 0 Å². The Hall–Kier alpha value is -1.74. The molecule has 19 heavy (non-hydrogen) atoms. The fourth-order valence-electron chi connectivity index (χ4n) is 1.28. The van der Waals surface area contributed by atoms with E-state index in [1.807, 2.05) is 0 Å². The predicted molar refractivity (Wildman–Crippen MR) is 64.7 cm³/mol. The lowest BCUT2D eigenvalue weighted by Crippen LogP contribution is -2.23. The molecule has 1 unspecified atom stereocenters. The molecule has 0 fully saturated rings. The van der Waals surface area contributed by atoms with E-state index in [-0.39, 0.29) is 17.1 Å². The number of carbonyl (C=O) groups excluding carboxylic acids is 1. The minimum Gasteiger partial charge on any atom is -0.325 e. The Kier molecular flexibility index (Phi) is 4.78. The highest BCUT2D eigenvalue weighted by Crippen LogP contribution is 2.35. The van der Waals surface area contributed by atoms with Crippen LogP contribution < -0.4 is 5.32 Å². The molecule has 1 aromatic rings. The van der Waals surface area contributed by atoms with Gasteiger partial charge in [0.2, 0.25) is 5.91 Å². The zero-order valence-electron chi connectivity index (χ0n) is 9.88. The second-order valence-corrected chi connectivity index (χ2v) is 4.22. The molecular formula is C12H10ClF3N2O. The molecule has 1 rings (SSSR count). The lowest BCUT2D eigenvalue weighted by atomic mass is 10.1. The number of carbonyl (C=O) groups is 1. The highest BCUT2D eigenvalue weighted by Gasteiger charge is 2.34. The van der Waals surface area contributed by atoms with Crippen molar-refractivity contribution in [3.63, 3.8) is 0 Å². The molecule has 0 aliphatic rings. The minimum absolute atomic E-state index is 0.00344. The molecule has 102 valence electrons. The Morgan fingerprint density at radius 2 is 2.16 bits per heavy atom. The number of rotatable bonds is 3. The Morgan fingerprint density at radius 3 is 2.63 bits per heavy atom. The SMILES string of the molecule is CC(CCl)C(=O)Nc1ccc(C#N)cc1C(F)(F)F. The Labute approximate surface area is 113 Å². The molecule has 0 aliphatic heterocycles. The van der Waals surface area contributed by atoms with E-state index >= 15 is 0 Å². The van der Waals surface area contributed by atoms with Crippen LogP contribution in [0.1, 0.15) is 18.1 Å². The first-order valence-electron chi connectivity index (χ1n) is 5.27. The van der Waals surface area contributed by atoms with E-state index in [4.69, 9.17) is 16.9 Å². The summed E-state index contributed by atoms with van der Waals surface area (Å²) in [5.74, 6) is -1.22. The second-order valence-electron chi connectivity index (χ2n) is 3.91. The van der Waals surface area contributed by atoms with Gasteiger partial charge in [-0.2, -0.15) is 18.4 Å². The number of nitriles is 1. The van der Waals surface area contributed by atoms with Crippen LogP contribution in [0, 0.1) is 17.2 Å². The number of nitrogens with zero attached hydrogens (tertiary/aromatic N) is 1. The zero-order valence-corrected chi connectivity index (χ0v) is 10.6. The molecule has 3 nitrogen and oxygen atoms in total. The maximum atomic E-state index is 12.8. The van der Waals surface area contributed by atoms with Crippen molar-refractivity contribution in [1.29, 1.82) is 5.26 Å². The normalized spacial score (nSPS) is 12.6. The van der Waals surface area contributed by atoms with Gasteiger partial charge in [-0.15, -0.1) is 11.6 Å². The monoisotopic (exact) mass is 290 g/mol. The summed E-state index contributed by atoms with van der Waals surface area (Å²) < 4.78 is 38.4. The number of benzene rings is 1. The maximum Gasteiger partial charge on any atom is 0.418 e. The van der Waals surface area contributed by atoms with Crippen LogP contribution in [0.2, 0.25) is 0 Å². The third kappa shape index (κ3) is 3.86. The summed E-state index contributed by atoms with van der Waals surface area (Å²) >= 11 is 5.46. The second kappa shape index (κ2) is 5.93. The summed E-state index contributed by atoms with van der Waals surface area (Å²) in [5, 5.41) is 10.8. The van der Waals surface area contributed by atoms with Crippen molar-refractivity contribution in [3.8, 4) is 6.07 Å². The summed E-state index contributed by atoms with van der Waals surface area (Å²) in [5.41, 5.74) is -1.56. The zero-order chi connectivity index (χ0) is 14.6. The van der Waals surface area contributed by atoms with Gasteiger partial charge in [0.15, 0.2) is 0 Å². The average molecular weight is 291 g/mol. The lowest BCUT2D eigenvalue weighted by Gasteiger charge is -2.15. The van der Waals surface area contributed by atoms with Gasteiger partial charge in [-0.25, -0.2) is 0 Å². The maximum absolute atomic E-state index is 12.8. The summed E-state index contributed by atoms with van der Waals surface area (Å²) in [6.07, 6.45) is -4.65. The van der Waals surface area contributed by atoms with Crippen LogP contribution in [-0.4, -0.2) is 11.8 Å². The van der Waals surface area contributed by atoms with E-state index in [2.05, 4.69) is 5.32 Å². The van der Waals surface area contributed by atoms with E-state index in [0.29, 0.717) is 6.07 Å². The van der Waals surface area contributed by atoms with Crippen molar-refractivity contribution >= 4 is 23.2 Å². The molecule has 0 aliphatic carbocycles. The van der Waals surface area contributed by atoms with Gasteiger partial charge in [0.25, 0.3) is 0 Å². The fourth-order valence-corrected chi connectivity index (χ4v) is 1.42. The van der Waals surface area contributed by atoms with E-state index < -0.39 is 23.6 Å². The van der Waals surface area contributed by atoms with Crippen LogP contribution in [0.25, 0.3) is 0 Å². The molecular weight excluding hydrogens is 281 g/mol. The molecule has 0 bridgehead atoms. The van der Waals surface area contributed by atoms with Gasteiger partial charge in [-0.1, -0.05) is 6.92 Å². The van der Waals surface area contributed by atoms with Gasteiger partial charge in [0.05, 0.1) is 22.9 Å². The van der Waals surface area contributed by atoms with E-state index in [1.165, 1.54) is 13.0 Å². The van der Waals surface area contributed by atoms with Gasteiger partial charge in [0, 0.05) is 11.8 Å². The van der Waals surface area contributed by atoms with Crippen molar-refractivity contribution < 1.29 is 18.0 Å². The van der Waals surface area contributed by atoms with Crippen LogP contribution in [-0.2, 0) is 11.0 Å². The van der Waals surface area contributed by atoms with E-state index in [0.717, 1.165) is 6.07 Å². The van der Waals surface area contributed by atoms with Crippen LogP contribution in [0.3, 0.4) is 0 Å². The first kappa shape index (κ1) is 15.3. The molecule has 0 radical (unpaired) electrons. The van der Waals surface area contributed by atoms with Crippen LogP contribution in [0.15, 0.2) is 18.2 Å². The van der Waals surface area contributed by atoms with Crippen LogP contribution in [0.4, 0.5) is 18.9 Å². The summed E-state index contributed by atoms with van der Waals surface area (Å²) in [7, 11) is 0. The van der Waals surface area contributed by atoms with Crippen molar-refractivity contribution in [2.24, 2.45) is 5.92 Å². The van der Waals surface area contributed by atoms with Gasteiger partial charge < -0.3 is 5.32 Å². The van der Waals surface area contributed by atoms with Crippen molar-refractivity contribution in [1.82, 2.24) is 0 Å². The third-order valence-corrected chi connectivity index (χ3v) is 2.85. The summed E-state index contributed by atoms with van der Waals surface area (Å²) in [4.78, 5) is 11.5. The topological polar surface area (TPSA) is 52.9 Å². The highest BCUT2D eigenvalue weighted by molar-refractivity contribution is 6.19. The third-order valence-electron chi connectivity index (χ3n) is 2.39. The number of hydrogen-bond acceptors (Lipinski definition) is 2. The lowest BCUT2D eigenvalue weighted by molar-refractivity contribution is -0.137. The molecule has 0 saturated carbocycles. The van der Waals surface area contributed by atoms with Gasteiger partial charge >= 0.3 is 6.18 Å². The highest BCUT2D eigenvalue weighted by atomic mass is 35.5. The molecule has 7 heteroatoms. The largest absolute Gasteiger partial charge is 0.418 e. The summed E-state index contributed by atoms with van der Waals surface area (Å²) in [6.45, 7) is 1.50. The fraction of sp³-hybridized carbons (Fsp3) is 0.333. The van der Waals surface area contributed by atoms with E-state index in [9.17, 15) is 18.0 Å². The number of alkyl halides is 4. The Balaban J connectivity index is 3.14. The molecule has 0 aromatic heterocycles. The smallest absolute Gasteiger partial charge is 0.325 e. The van der Waals surface area contributed by atoms with Gasteiger partial charge in [-0.05, 0) is 18.2 Å². The molecule has 0 spiro atoms. The number of anilines is 1. The number of amides is 1. The van der Waals surface area contributed by atoms with Crippen molar-refractivity contribution in [2.75, 3.05) is 11.2 Å². The molecule has 1 aromatic carbocycles. The first-order chi connectivity index (χ1) is 8.79. The average Bonchev–Trinajstić information content (AvgIpc) is 2.36. The standard InChI is InChI=1S/C12H10ClF3N2O/c1-7(5-13)11(19)18-10-3-2-8(6-17)4-9(10)12(14,15)16/h2-4,7H,5H2,1H3,(H,18,19). The number of hydrogen-bond donors (Lipinski definition) is 1. The van der Waals surface area contributed by atoms with Gasteiger partial charge in [-0.3, -0.25) is 4.79 Å².